The van der Waals surface area contributed by atoms with E-state index in [4.69, 9.17) is 23.7 Å². The Balaban J connectivity index is 1.75. The first-order valence-electron chi connectivity index (χ1n) is 13.5. The molecule has 0 aromatic heterocycles. The Kier molecular flexibility index (Phi) is 11.8. The number of hydrogen-bond donors (Lipinski definition) is 6. The summed E-state index contributed by atoms with van der Waals surface area (Å²) in [5.74, 6) is -2.31. The van der Waals surface area contributed by atoms with Gasteiger partial charge in [-0.3, -0.25) is 0 Å². The first kappa shape index (κ1) is 32.4. The maximum atomic E-state index is 12.7. The topological polar surface area (TPSA) is 185 Å². The molecule has 2 heterocycles. The molecule has 1 saturated carbocycles. The highest BCUT2D eigenvalue weighted by molar-refractivity contribution is 5.72. The number of halogens is 2. The van der Waals surface area contributed by atoms with Crippen molar-refractivity contribution >= 4 is 5.97 Å². The average molecular weight is 573 g/mol. The number of rotatable bonds is 11. The molecular weight excluding hydrogens is 530 g/mol. The molecule has 0 amide bonds. The first-order valence-corrected chi connectivity index (χ1v) is 13.5. The van der Waals surface area contributed by atoms with Gasteiger partial charge in [-0.25, -0.2) is 13.6 Å². The molecule has 0 spiro atoms. The van der Waals surface area contributed by atoms with E-state index in [2.05, 4.69) is 0 Å². The Labute approximate surface area is 225 Å². The standard InChI is InChI=1S/C25H42F2O12/c1-10-5-4-6-13(21(10)39-25-20(32)19(31)17(29)12(3)35-25)37-24-11(2)22(18(30)15(9-28)38-24)36-14(23(33)34)7-8-16(26)27/h10-22,24-25,28-32H,4-9H2,1-3H3,(H,33,34). The van der Waals surface area contributed by atoms with Gasteiger partial charge in [0.25, 0.3) is 0 Å². The minimum atomic E-state index is -2.72. The number of aliphatic hydroxyl groups excluding tert-OH is 5. The van der Waals surface area contributed by atoms with E-state index >= 15 is 0 Å². The van der Waals surface area contributed by atoms with Crippen LogP contribution in [0.2, 0.25) is 0 Å². The lowest BCUT2D eigenvalue weighted by Crippen LogP contribution is -2.60. The van der Waals surface area contributed by atoms with Crippen molar-refractivity contribution in [3.63, 3.8) is 0 Å². The molecule has 6 N–H and O–H groups in total. The van der Waals surface area contributed by atoms with Crippen molar-refractivity contribution in [1.29, 1.82) is 0 Å². The number of carboxylic acid groups (broad SMARTS) is 1. The van der Waals surface area contributed by atoms with Crippen molar-refractivity contribution in [1.82, 2.24) is 0 Å². The molecule has 3 fully saturated rings. The minimum Gasteiger partial charge on any atom is -0.479 e. The van der Waals surface area contributed by atoms with E-state index < -0.39 is 111 Å². The van der Waals surface area contributed by atoms with E-state index in [1.54, 1.807) is 6.92 Å². The molecule has 3 rings (SSSR count). The summed E-state index contributed by atoms with van der Waals surface area (Å²) in [5, 5.41) is 60.6. The summed E-state index contributed by atoms with van der Waals surface area (Å²) in [7, 11) is 0. The van der Waals surface area contributed by atoms with Crippen LogP contribution in [0.4, 0.5) is 8.78 Å². The molecule has 2 saturated heterocycles. The average Bonchev–Trinajstić information content (AvgIpc) is 2.88. The molecule has 0 bridgehead atoms. The zero-order valence-electron chi connectivity index (χ0n) is 22.3. The van der Waals surface area contributed by atoms with Gasteiger partial charge in [-0.05, 0) is 32.1 Å². The number of carboxylic acids is 1. The van der Waals surface area contributed by atoms with Crippen LogP contribution in [0.3, 0.4) is 0 Å². The summed E-state index contributed by atoms with van der Waals surface area (Å²) in [6.45, 7) is 4.41. The Morgan fingerprint density at radius 1 is 0.897 bits per heavy atom. The highest BCUT2D eigenvalue weighted by Crippen LogP contribution is 2.37. The van der Waals surface area contributed by atoms with Crippen LogP contribution in [0.15, 0.2) is 0 Å². The zero-order valence-corrected chi connectivity index (χ0v) is 22.3. The third-order valence-corrected chi connectivity index (χ3v) is 7.88. The third-order valence-electron chi connectivity index (χ3n) is 7.88. The number of carbonyl (C=O) groups is 1. The van der Waals surface area contributed by atoms with E-state index in [0.717, 1.165) is 12.8 Å². The molecular formula is C25H42F2O12. The fraction of sp³-hybridized carbons (Fsp3) is 0.960. The molecule has 228 valence electrons. The number of aliphatic hydroxyl groups is 5. The van der Waals surface area contributed by atoms with Crippen LogP contribution in [-0.4, -0.2) is 123 Å². The van der Waals surface area contributed by atoms with Crippen LogP contribution in [-0.2, 0) is 28.5 Å². The molecule has 0 aromatic rings. The van der Waals surface area contributed by atoms with Gasteiger partial charge in [-0.15, -0.1) is 0 Å². The van der Waals surface area contributed by atoms with Crippen molar-refractivity contribution < 1.29 is 67.9 Å². The minimum absolute atomic E-state index is 0.0743. The van der Waals surface area contributed by atoms with Gasteiger partial charge in [0.05, 0.1) is 31.0 Å². The van der Waals surface area contributed by atoms with Crippen molar-refractivity contribution in [2.24, 2.45) is 11.8 Å². The van der Waals surface area contributed by atoms with Crippen LogP contribution in [0, 0.1) is 11.8 Å². The number of alkyl halides is 2. The molecule has 12 nitrogen and oxygen atoms in total. The summed E-state index contributed by atoms with van der Waals surface area (Å²) in [4.78, 5) is 11.7. The second-order valence-electron chi connectivity index (χ2n) is 10.8. The second kappa shape index (κ2) is 14.2. The lowest BCUT2D eigenvalue weighted by molar-refractivity contribution is -0.341. The molecule has 0 radical (unpaired) electrons. The maximum absolute atomic E-state index is 12.7. The van der Waals surface area contributed by atoms with E-state index in [9.17, 15) is 44.2 Å². The second-order valence-corrected chi connectivity index (χ2v) is 10.8. The lowest BCUT2D eigenvalue weighted by Gasteiger charge is -2.47. The Bertz CT molecular complexity index is 777. The van der Waals surface area contributed by atoms with Gasteiger partial charge in [0.2, 0.25) is 6.43 Å². The van der Waals surface area contributed by atoms with Gasteiger partial charge in [-0.1, -0.05) is 20.3 Å². The number of hydrogen-bond acceptors (Lipinski definition) is 11. The van der Waals surface area contributed by atoms with E-state index in [1.807, 2.05) is 6.92 Å². The lowest BCUT2D eigenvalue weighted by atomic mass is 9.85. The Morgan fingerprint density at radius 3 is 2.21 bits per heavy atom. The van der Waals surface area contributed by atoms with Gasteiger partial charge in [0.15, 0.2) is 18.7 Å². The summed E-state index contributed by atoms with van der Waals surface area (Å²) in [6, 6.07) is 0. The third kappa shape index (κ3) is 7.82. The quantitative estimate of drug-likeness (QED) is 0.195. The van der Waals surface area contributed by atoms with Gasteiger partial charge < -0.3 is 54.3 Å². The summed E-state index contributed by atoms with van der Waals surface area (Å²) < 4.78 is 54.8. The van der Waals surface area contributed by atoms with Crippen LogP contribution < -0.4 is 0 Å². The van der Waals surface area contributed by atoms with Crippen LogP contribution in [0.25, 0.3) is 0 Å². The van der Waals surface area contributed by atoms with Crippen LogP contribution >= 0.6 is 0 Å². The van der Waals surface area contributed by atoms with Crippen molar-refractivity contribution in [2.75, 3.05) is 6.61 Å². The predicted molar refractivity (Wildman–Crippen MR) is 128 cm³/mol. The largest absolute Gasteiger partial charge is 0.479 e. The normalized spacial score (nSPS) is 44.3. The van der Waals surface area contributed by atoms with Gasteiger partial charge >= 0.3 is 5.97 Å². The highest BCUT2D eigenvalue weighted by Gasteiger charge is 2.49. The van der Waals surface area contributed by atoms with Crippen molar-refractivity contribution in [2.45, 2.75) is 133 Å². The molecule has 3 aliphatic rings. The van der Waals surface area contributed by atoms with Crippen LogP contribution in [0.1, 0.15) is 52.9 Å². The number of ether oxygens (including phenoxy) is 5. The van der Waals surface area contributed by atoms with Gasteiger partial charge in [-0.2, -0.15) is 0 Å². The summed E-state index contributed by atoms with van der Waals surface area (Å²) in [5.41, 5.74) is 0. The molecule has 0 aromatic carbocycles. The smallest absolute Gasteiger partial charge is 0.332 e. The highest BCUT2D eigenvalue weighted by atomic mass is 19.3. The molecule has 14 unspecified atom stereocenters. The Hall–Kier alpha value is -1.07. The van der Waals surface area contributed by atoms with Gasteiger partial charge in [0.1, 0.15) is 30.5 Å². The Morgan fingerprint density at radius 2 is 1.59 bits per heavy atom. The van der Waals surface area contributed by atoms with E-state index in [-0.39, 0.29) is 5.92 Å². The SMILES string of the molecule is CC1CCCC(OC2OC(CO)C(O)C(OC(CCC(F)F)C(=O)O)C2C)C1OC1OC(C)C(O)C(O)C1O. The van der Waals surface area contributed by atoms with Crippen molar-refractivity contribution in [3.8, 4) is 0 Å². The fourth-order valence-corrected chi connectivity index (χ4v) is 5.44. The summed E-state index contributed by atoms with van der Waals surface area (Å²) >= 11 is 0. The maximum Gasteiger partial charge on any atom is 0.332 e. The van der Waals surface area contributed by atoms with Crippen LogP contribution in [0.5, 0.6) is 0 Å². The zero-order chi connectivity index (χ0) is 29.0. The monoisotopic (exact) mass is 572 g/mol. The van der Waals surface area contributed by atoms with E-state index in [1.165, 1.54) is 6.92 Å². The van der Waals surface area contributed by atoms with Crippen molar-refractivity contribution in [3.05, 3.63) is 0 Å². The molecule has 1 aliphatic carbocycles. The molecule has 14 atom stereocenters. The first-order chi connectivity index (χ1) is 18.3. The van der Waals surface area contributed by atoms with E-state index in [0.29, 0.717) is 6.42 Å². The number of aliphatic carboxylic acids is 1. The molecule has 2 aliphatic heterocycles. The summed E-state index contributed by atoms with van der Waals surface area (Å²) in [6.07, 6.45) is -16.0. The van der Waals surface area contributed by atoms with Gasteiger partial charge in [0, 0.05) is 12.3 Å². The molecule has 14 heteroatoms. The molecule has 39 heavy (non-hydrogen) atoms. The fourth-order valence-electron chi connectivity index (χ4n) is 5.44. The predicted octanol–water partition coefficient (Wildman–Crippen LogP) is 0.00220.